The fourth-order valence-electron chi connectivity index (χ4n) is 1.06. The lowest BCUT2D eigenvalue weighted by molar-refractivity contribution is -0.136. The van der Waals surface area contributed by atoms with Crippen molar-refractivity contribution in [3.63, 3.8) is 0 Å². The third-order valence-electron chi connectivity index (χ3n) is 1.61. The number of hydrogen-bond acceptors (Lipinski definition) is 3. The summed E-state index contributed by atoms with van der Waals surface area (Å²) in [4.78, 5) is 13.7. The average molecular weight is 203 g/mol. The van der Waals surface area contributed by atoms with Crippen LogP contribution in [-0.2, 0) is 11.2 Å². The molecule has 0 aliphatic heterocycles. The summed E-state index contributed by atoms with van der Waals surface area (Å²) >= 11 is 0. The molecule has 1 rings (SSSR count). The van der Waals surface area contributed by atoms with Gasteiger partial charge in [0.05, 0.1) is 18.2 Å². The van der Waals surface area contributed by atoms with Crippen molar-refractivity contribution >= 4 is 5.97 Å². The number of alkyl halides is 2. The average Bonchev–Trinajstić information content (AvgIpc) is 2.01. The Morgan fingerprint density at radius 3 is 2.64 bits per heavy atom. The Morgan fingerprint density at radius 2 is 2.14 bits per heavy atom. The molecule has 0 atom stereocenters. The molecule has 6 heteroatoms. The molecule has 0 fully saturated rings. The van der Waals surface area contributed by atoms with E-state index in [0.29, 0.717) is 0 Å². The van der Waals surface area contributed by atoms with E-state index in [4.69, 9.17) is 10.2 Å². The van der Waals surface area contributed by atoms with Gasteiger partial charge in [0.2, 0.25) is 0 Å². The molecule has 76 valence electrons. The van der Waals surface area contributed by atoms with Crippen molar-refractivity contribution in [1.82, 2.24) is 4.98 Å². The molecular formula is C8H7F2NO3. The highest BCUT2D eigenvalue weighted by atomic mass is 19.3. The summed E-state index contributed by atoms with van der Waals surface area (Å²) < 4.78 is 24.7. The highest BCUT2D eigenvalue weighted by molar-refractivity contribution is 5.71. The first kappa shape index (κ1) is 10.4. The number of carboxylic acids is 1. The highest BCUT2D eigenvalue weighted by Crippen LogP contribution is 2.30. The van der Waals surface area contributed by atoms with Crippen LogP contribution < -0.4 is 0 Å². The molecule has 0 aliphatic rings. The Balaban J connectivity index is 3.14. The zero-order valence-corrected chi connectivity index (χ0v) is 6.94. The summed E-state index contributed by atoms with van der Waals surface area (Å²) in [5.74, 6) is -1.93. The molecule has 1 heterocycles. The molecule has 0 saturated heterocycles. The van der Waals surface area contributed by atoms with Crippen molar-refractivity contribution in [1.29, 1.82) is 0 Å². The Labute approximate surface area is 77.8 Å². The quantitative estimate of drug-likeness (QED) is 0.777. The van der Waals surface area contributed by atoms with E-state index in [1.54, 1.807) is 0 Å². The number of nitrogens with zero attached hydrogens (tertiary/aromatic N) is 1. The molecule has 0 saturated carbocycles. The first-order valence-corrected chi connectivity index (χ1v) is 3.68. The monoisotopic (exact) mass is 203 g/mol. The Morgan fingerprint density at radius 1 is 1.50 bits per heavy atom. The van der Waals surface area contributed by atoms with E-state index < -0.39 is 30.1 Å². The molecule has 1 aromatic rings. The topological polar surface area (TPSA) is 70.4 Å². The summed E-state index contributed by atoms with van der Waals surface area (Å²) in [6.07, 6.45) is -1.63. The largest absolute Gasteiger partial charge is 0.506 e. The van der Waals surface area contributed by atoms with Gasteiger partial charge in [0.25, 0.3) is 6.43 Å². The Kier molecular flexibility index (Phi) is 2.95. The molecule has 2 N–H and O–H groups in total. The second-order valence-corrected chi connectivity index (χ2v) is 2.60. The number of aromatic nitrogens is 1. The lowest BCUT2D eigenvalue weighted by Crippen LogP contribution is -2.04. The second kappa shape index (κ2) is 3.99. The number of halogens is 2. The van der Waals surface area contributed by atoms with Crippen molar-refractivity contribution in [2.75, 3.05) is 0 Å². The van der Waals surface area contributed by atoms with Gasteiger partial charge in [0.15, 0.2) is 0 Å². The maximum Gasteiger partial charge on any atom is 0.307 e. The number of rotatable bonds is 3. The van der Waals surface area contributed by atoms with E-state index in [1.807, 2.05) is 0 Å². The molecule has 0 unspecified atom stereocenters. The summed E-state index contributed by atoms with van der Waals surface area (Å²) in [5, 5.41) is 17.4. The van der Waals surface area contributed by atoms with Crippen LogP contribution in [0.1, 0.15) is 17.6 Å². The summed E-state index contributed by atoms with van der Waals surface area (Å²) in [6, 6.07) is 0. The first-order valence-electron chi connectivity index (χ1n) is 3.68. The number of pyridine rings is 1. The van der Waals surface area contributed by atoms with E-state index in [9.17, 15) is 13.6 Å². The molecule has 0 spiro atoms. The van der Waals surface area contributed by atoms with Gasteiger partial charge in [-0.2, -0.15) is 0 Å². The molecule has 0 radical (unpaired) electrons. The van der Waals surface area contributed by atoms with Gasteiger partial charge in [-0.3, -0.25) is 9.78 Å². The molecule has 0 bridgehead atoms. The summed E-state index contributed by atoms with van der Waals surface area (Å²) in [5.41, 5.74) is -0.838. The predicted molar refractivity (Wildman–Crippen MR) is 42.2 cm³/mol. The third-order valence-corrected chi connectivity index (χ3v) is 1.61. The zero-order chi connectivity index (χ0) is 10.7. The maximum absolute atomic E-state index is 12.4. The minimum absolute atomic E-state index is 0.174. The van der Waals surface area contributed by atoms with Crippen molar-refractivity contribution < 1.29 is 23.8 Å². The normalized spacial score (nSPS) is 10.5. The van der Waals surface area contributed by atoms with Crippen molar-refractivity contribution in [3.05, 3.63) is 23.5 Å². The Hall–Kier alpha value is -1.72. The van der Waals surface area contributed by atoms with Crippen LogP contribution in [0.5, 0.6) is 5.75 Å². The molecular weight excluding hydrogens is 196 g/mol. The van der Waals surface area contributed by atoms with Crippen LogP contribution in [0.25, 0.3) is 0 Å². The van der Waals surface area contributed by atoms with Gasteiger partial charge in [-0.05, 0) is 5.56 Å². The number of carbonyl (C=O) groups is 1. The standard InChI is InChI=1S/C8H7F2NO3/c9-8(10)7-4(1-6(13)14)2-11-3-5(7)12/h2-3,8,12H,1H2,(H,13,14). The molecule has 0 aromatic carbocycles. The fraction of sp³-hybridized carbons (Fsp3) is 0.250. The summed E-state index contributed by atoms with van der Waals surface area (Å²) in [6.45, 7) is 0. The first-order chi connectivity index (χ1) is 6.52. The number of aliphatic carboxylic acids is 1. The molecule has 1 aromatic heterocycles. The van der Waals surface area contributed by atoms with Gasteiger partial charge in [-0.25, -0.2) is 8.78 Å². The van der Waals surface area contributed by atoms with Crippen LogP contribution in [-0.4, -0.2) is 21.2 Å². The number of carboxylic acid groups (broad SMARTS) is 1. The molecule has 14 heavy (non-hydrogen) atoms. The second-order valence-electron chi connectivity index (χ2n) is 2.60. The van der Waals surface area contributed by atoms with Gasteiger partial charge < -0.3 is 10.2 Å². The molecule has 4 nitrogen and oxygen atoms in total. The predicted octanol–water partition coefficient (Wildman–Crippen LogP) is 1.35. The molecule has 0 aliphatic carbocycles. The number of hydrogen-bond donors (Lipinski definition) is 2. The minimum Gasteiger partial charge on any atom is -0.506 e. The van der Waals surface area contributed by atoms with E-state index in [-0.39, 0.29) is 5.56 Å². The zero-order valence-electron chi connectivity index (χ0n) is 6.94. The van der Waals surface area contributed by atoms with Crippen LogP contribution in [0.2, 0.25) is 0 Å². The number of aromatic hydroxyl groups is 1. The minimum atomic E-state index is -2.91. The fourth-order valence-corrected chi connectivity index (χ4v) is 1.06. The molecule has 0 amide bonds. The SMILES string of the molecule is O=C(O)Cc1cncc(O)c1C(F)F. The summed E-state index contributed by atoms with van der Waals surface area (Å²) in [7, 11) is 0. The highest BCUT2D eigenvalue weighted by Gasteiger charge is 2.19. The van der Waals surface area contributed by atoms with Crippen LogP contribution >= 0.6 is 0 Å². The van der Waals surface area contributed by atoms with Crippen LogP contribution in [0, 0.1) is 0 Å². The van der Waals surface area contributed by atoms with Crippen molar-refractivity contribution in [2.45, 2.75) is 12.8 Å². The van der Waals surface area contributed by atoms with Crippen molar-refractivity contribution in [3.8, 4) is 5.75 Å². The van der Waals surface area contributed by atoms with Crippen LogP contribution in [0.3, 0.4) is 0 Å². The van der Waals surface area contributed by atoms with Gasteiger partial charge in [-0.15, -0.1) is 0 Å². The van der Waals surface area contributed by atoms with Crippen LogP contribution in [0.15, 0.2) is 12.4 Å². The van der Waals surface area contributed by atoms with Gasteiger partial charge in [0, 0.05) is 6.20 Å². The van der Waals surface area contributed by atoms with E-state index in [0.717, 1.165) is 12.4 Å². The lowest BCUT2D eigenvalue weighted by atomic mass is 10.1. The van der Waals surface area contributed by atoms with Crippen LogP contribution in [0.4, 0.5) is 8.78 Å². The third kappa shape index (κ3) is 2.15. The van der Waals surface area contributed by atoms with E-state index in [1.165, 1.54) is 0 Å². The maximum atomic E-state index is 12.4. The van der Waals surface area contributed by atoms with E-state index >= 15 is 0 Å². The van der Waals surface area contributed by atoms with Gasteiger partial charge in [-0.1, -0.05) is 0 Å². The van der Waals surface area contributed by atoms with Gasteiger partial charge in [0.1, 0.15) is 5.75 Å². The van der Waals surface area contributed by atoms with Gasteiger partial charge >= 0.3 is 5.97 Å². The lowest BCUT2D eigenvalue weighted by Gasteiger charge is -2.07. The van der Waals surface area contributed by atoms with E-state index in [2.05, 4.69) is 4.98 Å². The van der Waals surface area contributed by atoms with Crippen molar-refractivity contribution in [2.24, 2.45) is 0 Å². The Bertz CT molecular complexity index is 354. The smallest absolute Gasteiger partial charge is 0.307 e.